The molecule has 2 unspecified atom stereocenters. The Kier molecular flexibility index (Phi) is 4.38. The highest BCUT2D eigenvalue weighted by atomic mass is 19.3. The summed E-state index contributed by atoms with van der Waals surface area (Å²) in [6.45, 7) is 3.76. The molecule has 0 heterocycles. The molecule has 2 atom stereocenters. The normalized spacial score (nSPS) is 15.5. The van der Waals surface area contributed by atoms with Crippen molar-refractivity contribution in [1.29, 1.82) is 0 Å². The van der Waals surface area contributed by atoms with Gasteiger partial charge in [0.05, 0.1) is 6.10 Å². The topological polar surface area (TPSA) is 46.2 Å². The standard InChI is InChI=1S/C12H17F2NO/c1-7(2)10(15)11(16)8-4-3-5-9(6-8)12(13)14/h3-7,10-12,16H,15H2,1-2H3. The summed E-state index contributed by atoms with van der Waals surface area (Å²) >= 11 is 0. The molecule has 0 saturated carbocycles. The average molecular weight is 229 g/mol. The first-order valence-electron chi connectivity index (χ1n) is 5.25. The molecule has 2 nitrogen and oxygen atoms in total. The number of aliphatic hydroxyl groups is 1. The predicted octanol–water partition coefficient (Wildman–Crippen LogP) is 2.64. The SMILES string of the molecule is CC(C)C(N)C(O)c1cccc(C(F)F)c1. The molecule has 0 amide bonds. The molecule has 0 bridgehead atoms. The minimum atomic E-state index is -2.53. The van der Waals surface area contributed by atoms with Crippen LogP contribution in [-0.2, 0) is 0 Å². The van der Waals surface area contributed by atoms with Crippen LogP contribution >= 0.6 is 0 Å². The van der Waals surface area contributed by atoms with Crippen LogP contribution in [0.3, 0.4) is 0 Å². The van der Waals surface area contributed by atoms with E-state index >= 15 is 0 Å². The highest BCUT2D eigenvalue weighted by molar-refractivity contribution is 5.26. The molecule has 0 radical (unpaired) electrons. The first-order valence-corrected chi connectivity index (χ1v) is 5.25. The lowest BCUT2D eigenvalue weighted by atomic mass is 9.93. The molecule has 0 aliphatic rings. The monoisotopic (exact) mass is 229 g/mol. The molecule has 0 spiro atoms. The molecule has 3 N–H and O–H groups in total. The van der Waals surface area contributed by atoms with Crippen molar-refractivity contribution in [2.24, 2.45) is 11.7 Å². The van der Waals surface area contributed by atoms with Crippen LogP contribution in [0.5, 0.6) is 0 Å². The number of hydrogen-bond acceptors (Lipinski definition) is 2. The van der Waals surface area contributed by atoms with Crippen molar-refractivity contribution in [3.8, 4) is 0 Å². The summed E-state index contributed by atoms with van der Waals surface area (Å²) < 4.78 is 24.9. The quantitative estimate of drug-likeness (QED) is 0.833. The Morgan fingerprint density at radius 3 is 2.25 bits per heavy atom. The van der Waals surface area contributed by atoms with Crippen molar-refractivity contribution in [2.45, 2.75) is 32.4 Å². The summed E-state index contributed by atoms with van der Waals surface area (Å²) in [6.07, 6.45) is -3.43. The molecular formula is C12H17F2NO. The van der Waals surface area contributed by atoms with E-state index in [4.69, 9.17) is 5.73 Å². The number of rotatable bonds is 4. The van der Waals surface area contributed by atoms with Crippen LogP contribution in [0.25, 0.3) is 0 Å². The fourth-order valence-corrected chi connectivity index (χ4v) is 1.47. The number of halogens is 2. The van der Waals surface area contributed by atoms with Crippen molar-refractivity contribution < 1.29 is 13.9 Å². The van der Waals surface area contributed by atoms with Crippen molar-refractivity contribution in [3.63, 3.8) is 0 Å². The van der Waals surface area contributed by atoms with E-state index < -0.39 is 18.6 Å². The maximum Gasteiger partial charge on any atom is 0.263 e. The lowest BCUT2D eigenvalue weighted by Gasteiger charge is -2.22. The van der Waals surface area contributed by atoms with E-state index in [1.54, 1.807) is 6.07 Å². The van der Waals surface area contributed by atoms with Gasteiger partial charge in [-0.05, 0) is 17.5 Å². The van der Waals surface area contributed by atoms with Crippen LogP contribution in [0.1, 0.15) is 37.5 Å². The fraction of sp³-hybridized carbons (Fsp3) is 0.500. The van der Waals surface area contributed by atoms with E-state index in [2.05, 4.69) is 0 Å². The number of alkyl halides is 2. The summed E-state index contributed by atoms with van der Waals surface area (Å²) in [5, 5.41) is 9.90. The summed E-state index contributed by atoms with van der Waals surface area (Å²) in [5.74, 6) is 0.0882. The molecule has 0 aromatic heterocycles. The van der Waals surface area contributed by atoms with Gasteiger partial charge in [0.2, 0.25) is 0 Å². The van der Waals surface area contributed by atoms with E-state index in [9.17, 15) is 13.9 Å². The Bertz CT molecular complexity index is 342. The van der Waals surface area contributed by atoms with Crippen LogP contribution in [0.2, 0.25) is 0 Å². The van der Waals surface area contributed by atoms with Crippen LogP contribution < -0.4 is 5.73 Å². The van der Waals surface area contributed by atoms with E-state index in [1.165, 1.54) is 18.2 Å². The molecule has 1 aromatic rings. The Hall–Kier alpha value is -1.00. The van der Waals surface area contributed by atoms with E-state index in [0.717, 1.165) is 0 Å². The number of aliphatic hydroxyl groups excluding tert-OH is 1. The third-order valence-electron chi connectivity index (χ3n) is 2.64. The van der Waals surface area contributed by atoms with Gasteiger partial charge in [-0.15, -0.1) is 0 Å². The largest absolute Gasteiger partial charge is 0.387 e. The highest BCUT2D eigenvalue weighted by Gasteiger charge is 2.20. The molecular weight excluding hydrogens is 212 g/mol. The number of hydrogen-bond donors (Lipinski definition) is 2. The average Bonchev–Trinajstić information content (AvgIpc) is 2.27. The van der Waals surface area contributed by atoms with Gasteiger partial charge >= 0.3 is 0 Å². The van der Waals surface area contributed by atoms with Gasteiger partial charge in [0.25, 0.3) is 6.43 Å². The summed E-state index contributed by atoms with van der Waals surface area (Å²) in [7, 11) is 0. The Morgan fingerprint density at radius 1 is 1.19 bits per heavy atom. The van der Waals surface area contributed by atoms with Gasteiger partial charge in [-0.3, -0.25) is 0 Å². The zero-order chi connectivity index (χ0) is 12.3. The maximum atomic E-state index is 12.5. The second-order valence-electron chi connectivity index (χ2n) is 4.24. The predicted molar refractivity (Wildman–Crippen MR) is 59.2 cm³/mol. The van der Waals surface area contributed by atoms with E-state index in [0.29, 0.717) is 5.56 Å². The lowest BCUT2D eigenvalue weighted by molar-refractivity contribution is 0.124. The third-order valence-corrected chi connectivity index (χ3v) is 2.64. The van der Waals surface area contributed by atoms with Gasteiger partial charge in [0.15, 0.2) is 0 Å². The smallest absolute Gasteiger partial charge is 0.263 e. The third kappa shape index (κ3) is 3.00. The summed E-state index contributed by atoms with van der Waals surface area (Å²) in [6, 6.07) is 5.30. The highest BCUT2D eigenvalue weighted by Crippen LogP contribution is 2.25. The van der Waals surface area contributed by atoms with Crippen molar-refractivity contribution >= 4 is 0 Å². The molecule has 4 heteroatoms. The molecule has 0 aliphatic heterocycles. The van der Waals surface area contributed by atoms with E-state index in [1.807, 2.05) is 13.8 Å². The van der Waals surface area contributed by atoms with Gasteiger partial charge in [0, 0.05) is 11.6 Å². The Balaban J connectivity index is 2.91. The van der Waals surface area contributed by atoms with Crippen LogP contribution in [0.4, 0.5) is 8.78 Å². The maximum absolute atomic E-state index is 12.5. The summed E-state index contributed by atoms with van der Waals surface area (Å²) in [5.41, 5.74) is 6.13. The van der Waals surface area contributed by atoms with Crippen LogP contribution in [0, 0.1) is 5.92 Å². The molecule has 0 saturated heterocycles. The zero-order valence-corrected chi connectivity index (χ0v) is 9.40. The molecule has 0 aliphatic carbocycles. The first-order chi connectivity index (χ1) is 7.43. The van der Waals surface area contributed by atoms with Crippen LogP contribution in [-0.4, -0.2) is 11.1 Å². The zero-order valence-electron chi connectivity index (χ0n) is 9.40. The second-order valence-corrected chi connectivity index (χ2v) is 4.24. The van der Waals surface area contributed by atoms with Crippen molar-refractivity contribution in [2.75, 3.05) is 0 Å². The van der Waals surface area contributed by atoms with Gasteiger partial charge in [-0.1, -0.05) is 32.0 Å². The summed E-state index contributed by atoms with van der Waals surface area (Å²) in [4.78, 5) is 0. The minimum Gasteiger partial charge on any atom is -0.387 e. The molecule has 1 aromatic carbocycles. The molecule has 16 heavy (non-hydrogen) atoms. The molecule has 0 fully saturated rings. The van der Waals surface area contributed by atoms with Crippen molar-refractivity contribution in [3.05, 3.63) is 35.4 Å². The Morgan fingerprint density at radius 2 is 1.75 bits per heavy atom. The van der Waals surface area contributed by atoms with Crippen molar-refractivity contribution in [1.82, 2.24) is 0 Å². The van der Waals surface area contributed by atoms with Gasteiger partial charge in [0.1, 0.15) is 0 Å². The van der Waals surface area contributed by atoms with E-state index in [-0.39, 0.29) is 11.5 Å². The van der Waals surface area contributed by atoms with Crippen LogP contribution in [0.15, 0.2) is 24.3 Å². The van der Waals surface area contributed by atoms with Gasteiger partial charge in [-0.2, -0.15) is 0 Å². The van der Waals surface area contributed by atoms with Gasteiger partial charge < -0.3 is 10.8 Å². The second kappa shape index (κ2) is 5.37. The number of benzene rings is 1. The first kappa shape index (κ1) is 13.1. The Labute approximate surface area is 94.1 Å². The lowest BCUT2D eigenvalue weighted by Crippen LogP contribution is -2.33. The van der Waals surface area contributed by atoms with Gasteiger partial charge in [-0.25, -0.2) is 8.78 Å². The molecule has 1 rings (SSSR count). The minimum absolute atomic E-state index is 0.0882. The number of nitrogens with two attached hydrogens (primary N) is 1. The fourth-order valence-electron chi connectivity index (χ4n) is 1.47. The molecule has 90 valence electrons.